The zero-order chi connectivity index (χ0) is 22.1. The van der Waals surface area contributed by atoms with Gasteiger partial charge in [-0.2, -0.15) is 0 Å². The highest BCUT2D eigenvalue weighted by Crippen LogP contribution is 2.18. The lowest BCUT2D eigenvalue weighted by Crippen LogP contribution is -2.38. The molecule has 3 rings (SSSR count). The number of aromatic nitrogens is 2. The minimum absolute atomic E-state index is 0.106. The molecule has 1 aromatic heterocycles. The van der Waals surface area contributed by atoms with Crippen LogP contribution in [0.15, 0.2) is 72.0 Å². The number of nitrogens with zero attached hydrogens (tertiary/aromatic N) is 3. The molecular formula is C25H33N5O. The van der Waals surface area contributed by atoms with Gasteiger partial charge < -0.3 is 19.9 Å². The van der Waals surface area contributed by atoms with Crippen molar-refractivity contribution in [1.82, 2.24) is 20.2 Å². The molecule has 2 N–H and O–H groups in total. The van der Waals surface area contributed by atoms with Gasteiger partial charge >= 0.3 is 0 Å². The Morgan fingerprint density at radius 3 is 2.48 bits per heavy atom. The van der Waals surface area contributed by atoms with Gasteiger partial charge in [-0.05, 0) is 36.1 Å². The van der Waals surface area contributed by atoms with Gasteiger partial charge in [0.1, 0.15) is 11.6 Å². The van der Waals surface area contributed by atoms with Gasteiger partial charge in [-0.15, -0.1) is 0 Å². The number of guanidine groups is 1. The molecule has 0 radical (unpaired) electrons. The molecule has 0 fully saturated rings. The van der Waals surface area contributed by atoms with Crippen LogP contribution < -0.4 is 15.4 Å². The summed E-state index contributed by atoms with van der Waals surface area (Å²) in [5.74, 6) is 3.11. The first-order valence-electron chi connectivity index (χ1n) is 10.8. The number of imidazole rings is 1. The zero-order valence-electron chi connectivity index (χ0n) is 18.9. The van der Waals surface area contributed by atoms with E-state index in [4.69, 9.17) is 4.74 Å². The van der Waals surface area contributed by atoms with Gasteiger partial charge in [0.05, 0.1) is 19.2 Å². The minimum atomic E-state index is 0.106. The van der Waals surface area contributed by atoms with Crippen molar-refractivity contribution in [2.75, 3.05) is 13.7 Å². The lowest BCUT2D eigenvalue weighted by Gasteiger charge is -2.19. The van der Waals surface area contributed by atoms with Crippen molar-refractivity contribution >= 4 is 5.96 Å². The predicted octanol–water partition coefficient (Wildman–Crippen LogP) is 4.39. The second-order valence-electron chi connectivity index (χ2n) is 8.02. The quantitative estimate of drug-likeness (QED) is 0.399. The van der Waals surface area contributed by atoms with Crippen molar-refractivity contribution in [2.45, 2.75) is 39.9 Å². The van der Waals surface area contributed by atoms with Crippen LogP contribution >= 0.6 is 0 Å². The van der Waals surface area contributed by atoms with Crippen molar-refractivity contribution in [3.05, 3.63) is 83.9 Å². The first-order valence-corrected chi connectivity index (χ1v) is 10.8. The normalized spacial score (nSPS) is 12.6. The van der Waals surface area contributed by atoms with E-state index < -0.39 is 0 Å². The van der Waals surface area contributed by atoms with Crippen LogP contribution in [0.4, 0.5) is 0 Å². The molecular weight excluding hydrogens is 386 g/mol. The fraction of sp³-hybridized carbons (Fsp3) is 0.360. The fourth-order valence-electron chi connectivity index (χ4n) is 3.19. The number of aliphatic imine (C=N–C) groups is 1. The van der Waals surface area contributed by atoms with Crippen molar-refractivity contribution in [2.24, 2.45) is 10.9 Å². The summed E-state index contributed by atoms with van der Waals surface area (Å²) in [4.78, 5) is 8.86. The van der Waals surface area contributed by atoms with Crippen LogP contribution in [0.2, 0.25) is 0 Å². The Hall–Kier alpha value is -3.28. The van der Waals surface area contributed by atoms with Crippen LogP contribution in [0.3, 0.4) is 0 Å². The molecule has 0 aliphatic carbocycles. The van der Waals surface area contributed by atoms with Crippen molar-refractivity contribution < 1.29 is 4.74 Å². The summed E-state index contributed by atoms with van der Waals surface area (Å²) in [7, 11) is 1.78. The highest BCUT2D eigenvalue weighted by molar-refractivity contribution is 5.80. The standard InChI is InChI=1S/C25H33N5O/c1-19(2)18-31-23-12-10-22(11-13-23)20(3)29-25(26-4)28-16-24-27-14-15-30(24)17-21-8-6-5-7-9-21/h5-15,19-20H,16-18H2,1-4H3,(H2,26,28,29). The van der Waals surface area contributed by atoms with E-state index in [1.165, 1.54) is 11.1 Å². The fourth-order valence-corrected chi connectivity index (χ4v) is 3.19. The Morgan fingerprint density at radius 2 is 1.81 bits per heavy atom. The number of benzene rings is 2. The van der Waals surface area contributed by atoms with Gasteiger partial charge in [0.25, 0.3) is 0 Å². The maximum absolute atomic E-state index is 5.77. The summed E-state index contributed by atoms with van der Waals surface area (Å²) in [5.41, 5.74) is 2.42. The smallest absolute Gasteiger partial charge is 0.191 e. The highest BCUT2D eigenvalue weighted by Gasteiger charge is 2.10. The van der Waals surface area contributed by atoms with E-state index >= 15 is 0 Å². The number of nitrogens with one attached hydrogen (secondary N) is 2. The molecule has 3 aromatic rings. The van der Waals surface area contributed by atoms with Crippen LogP contribution in [0, 0.1) is 5.92 Å². The van der Waals surface area contributed by atoms with Crippen LogP contribution in [-0.2, 0) is 13.1 Å². The van der Waals surface area contributed by atoms with E-state index in [1.54, 1.807) is 7.05 Å². The average Bonchev–Trinajstić information content (AvgIpc) is 3.22. The van der Waals surface area contributed by atoms with Crippen LogP contribution in [0.5, 0.6) is 5.75 Å². The van der Waals surface area contributed by atoms with Crippen LogP contribution in [0.1, 0.15) is 43.8 Å². The number of hydrogen-bond acceptors (Lipinski definition) is 3. The van der Waals surface area contributed by atoms with Crippen molar-refractivity contribution in [1.29, 1.82) is 0 Å². The Bertz CT molecular complexity index is 948. The van der Waals surface area contributed by atoms with Gasteiger partial charge in [0.2, 0.25) is 0 Å². The number of rotatable bonds is 9. The monoisotopic (exact) mass is 419 g/mol. The van der Waals surface area contributed by atoms with E-state index in [1.807, 2.05) is 30.6 Å². The summed E-state index contributed by atoms with van der Waals surface area (Å²) in [6.07, 6.45) is 3.84. The molecule has 0 spiro atoms. The molecule has 6 heteroatoms. The molecule has 1 atom stereocenters. The summed E-state index contributed by atoms with van der Waals surface area (Å²) in [5, 5.41) is 6.82. The molecule has 0 amide bonds. The molecule has 1 heterocycles. The third-order valence-corrected chi connectivity index (χ3v) is 4.95. The molecule has 2 aromatic carbocycles. The van der Waals surface area contributed by atoms with Crippen molar-refractivity contribution in [3.8, 4) is 5.75 Å². The first kappa shape index (κ1) is 22.4. The molecule has 31 heavy (non-hydrogen) atoms. The molecule has 164 valence electrons. The lowest BCUT2D eigenvalue weighted by molar-refractivity contribution is 0.271. The Kier molecular flexibility index (Phi) is 8.10. The largest absolute Gasteiger partial charge is 0.493 e. The summed E-state index contributed by atoms with van der Waals surface area (Å²) < 4.78 is 7.92. The molecule has 0 bridgehead atoms. The van der Waals surface area contributed by atoms with Gasteiger partial charge in [0.15, 0.2) is 5.96 Å². The molecule has 0 saturated carbocycles. The van der Waals surface area contributed by atoms with E-state index in [0.29, 0.717) is 12.5 Å². The topological polar surface area (TPSA) is 63.5 Å². The van der Waals surface area contributed by atoms with Gasteiger partial charge in [-0.3, -0.25) is 4.99 Å². The van der Waals surface area contributed by atoms with E-state index in [9.17, 15) is 0 Å². The van der Waals surface area contributed by atoms with Gasteiger partial charge in [-0.1, -0.05) is 56.3 Å². The molecule has 0 saturated heterocycles. The van der Waals surface area contributed by atoms with E-state index in [-0.39, 0.29) is 6.04 Å². The van der Waals surface area contributed by atoms with Crippen LogP contribution in [-0.4, -0.2) is 29.2 Å². The zero-order valence-corrected chi connectivity index (χ0v) is 18.9. The maximum Gasteiger partial charge on any atom is 0.191 e. The summed E-state index contributed by atoms with van der Waals surface area (Å²) >= 11 is 0. The van der Waals surface area contributed by atoms with Gasteiger partial charge in [-0.25, -0.2) is 4.98 Å². The number of hydrogen-bond donors (Lipinski definition) is 2. The second kappa shape index (κ2) is 11.2. The van der Waals surface area contributed by atoms with Gasteiger partial charge in [0, 0.05) is 26.0 Å². The molecule has 6 nitrogen and oxygen atoms in total. The Labute approximate surface area is 185 Å². The van der Waals surface area contributed by atoms with Crippen LogP contribution in [0.25, 0.3) is 0 Å². The third kappa shape index (κ3) is 6.88. The highest BCUT2D eigenvalue weighted by atomic mass is 16.5. The third-order valence-electron chi connectivity index (χ3n) is 4.95. The SMILES string of the molecule is CN=C(NCc1nccn1Cc1ccccc1)NC(C)c1ccc(OCC(C)C)cc1. The minimum Gasteiger partial charge on any atom is -0.493 e. The van der Waals surface area contributed by atoms with E-state index in [2.05, 4.69) is 82.3 Å². The number of ether oxygens (including phenoxy) is 1. The maximum atomic E-state index is 5.77. The average molecular weight is 420 g/mol. The Morgan fingerprint density at radius 1 is 1.06 bits per heavy atom. The molecule has 0 aliphatic rings. The van der Waals surface area contributed by atoms with Crippen molar-refractivity contribution in [3.63, 3.8) is 0 Å². The summed E-state index contributed by atoms with van der Waals surface area (Å²) in [6.45, 7) is 8.52. The first-order chi connectivity index (χ1) is 15.0. The van der Waals surface area contributed by atoms with E-state index in [0.717, 1.165) is 30.7 Å². The molecule has 1 unspecified atom stereocenters. The molecule has 0 aliphatic heterocycles. The summed E-state index contributed by atoms with van der Waals surface area (Å²) in [6, 6.07) is 18.7. The lowest BCUT2D eigenvalue weighted by atomic mass is 10.1. The second-order valence-corrected chi connectivity index (χ2v) is 8.02. The predicted molar refractivity (Wildman–Crippen MR) is 126 cm³/mol. The Balaban J connectivity index is 1.53.